The van der Waals surface area contributed by atoms with Gasteiger partial charge in [-0.1, -0.05) is 72.8 Å². The largest absolute Gasteiger partial charge is 0.307 e. The molecule has 4 nitrogen and oxygen atoms in total. The molecule has 4 aromatic carbocycles. The van der Waals surface area contributed by atoms with Gasteiger partial charge >= 0.3 is 0 Å². The minimum Gasteiger partial charge on any atom is -0.307 e. The first-order chi connectivity index (χ1) is 15.7. The number of carbonyl (C=O) groups is 2. The number of rotatable bonds is 7. The molecule has 4 rings (SSSR count). The molecule has 32 heavy (non-hydrogen) atoms. The van der Waals surface area contributed by atoms with Crippen molar-refractivity contribution in [1.29, 1.82) is 0 Å². The standard InChI is InChI=1S/C28H24N2O2/c31-27(23-13-5-1-6-14-23)29(25-17-9-3-10-18-25)21-22-30(26-19-11-4-12-20-26)28(32)24-15-7-2-8-16-24/h1-20H,21-22H2. The fourth-order valence-corrected chi connectivity index (χ4v) is 3.58. The summed E-state index contributed by atoms with van der Waals surface area (Å²) < 4.78 is 0. The Bertz CT molecular complexity index is 1050. The average Bonchev–Trinajstić information content (AvgIpc) is 2.88. The van der Waals surface area contributed by atoms with Gasteiger partial charge in [-0.3, -0.25) is 9.59 Å². The van der Waals surface area contributed by atoms with Crippen molar-refractivity contribution in [3.8, 4) is 0 Å². The minimum absolute atomic E-state index is 0.100. The van der Waals surface area contributed by atoms with E-state index in [0.717, 1.165) is 11.4 Å². The van der Waals surface area contributed by atoms with Crippen LogP contribution in [0.15, 0.2) is 121 Å². The van der Waals surface area contributed by atoms with Gasteiger partial charge < -0.3 is 9.80 Å². The molecule has 0 saturated heterocycles. The van der Waals surface area contributed by atoms with E-state index in [4.69, 9.17) is 0 Å². The molecular formula is C28H24N2O2. The fraction of sp³-hybridized carbons (Fsp3) is 0.0714. The molecule has 0 aliphatic carbocycles. The second-order valence-electron chi connectivity index (χ2n) is 7.32. The highest BCUT2D eigenvalue weighted by atomic mass is 16.2. The Balaban J connectivity index is 1.64. The average molecular weight is 421 g/mol. The van der Waals surface area contributed by atoms with E-state index in [9.17, 15) is 9.59 Å². The zero-order chi connectivity index (χ0) is 22.2. The van der Waals surface area contributed by atoms with Crippen LogP contribution in [0.1, 0.15) is 20.7 Å². The molecule has 158 valence electrons. The number of carbonyl (C=O) groups excluding carboxylic acids is 2. The van der Waals surface area contributed by atoms with Crippen molar-refractivity contribution in [2.24, 2.45) is 0 Å². The highest BCUT2D eigenvalue weighted by molar-refractivity contribution is 6.07. The Labute approximate surface area is 188 Å². The molecule has 0 aromatic heterocycles. The number of benzene rings is 4. The van der Waals surface area contributed by atoms with Crippen molar-refractivity contribution in [1.82, 2.24) is 0 Å². The Morgan fingerprint density at radius 3 is 1.03 bits per heavy atom. The van der Waals surface area contributed by atoms with E-state index in [-0.39, 0.29) is 11.8 Å². The van der Waals surface area contributed by atoms with Gasteiger partial charge in [0, 0.05) is 35.6 Å². The molecule has 2 amide bonds. The predicted molar refractivity (Wildman–Crippen MR) is 129 cm³/mol. The summed E-state index contributed by atoms with van der Waals surface area (Å²) in [6.45, 7) is 0.705. The topological polar surface area (TPSA) is 40.6 Å². The molecule has 0 fully saturated rings. The summed E-state index contributed by atoms with van der Waals surface area (Å²) in [6.07, 6.45) is 0. The normalized spacial score (nSPS) is 10.4. The summed E-state index contributed by atoms with van der Waals surface area (Å²) in [5.41, 5.74) is 2.80. The molecule has 0 N–H and O–H groups in total. The smallest absolute Gasteiger partial charge is 0.258 e. The lowest BCUT2D eigenvalue weighted by molar-refractivity contribution is 0.0968. The van der Waals surface area contributed by atoms with Crippen molar-refractivity contribution >= 4 is 23.2 Å². The van der Waals surface area contributed by atoms with Crippen LogP contribution in [0.4, 0.5) is 11.4 Å². The number of hydrogen-bond donors (Lipinski definition) is 0. The third kappa shape index (κ3) is 4.93. The van der Waals surface area contributed by atoms with Gasteiger partial charge in [0.15, 0.2) is 0 Å². The van der Waals surface area contributed by atoms with Gasteiger partial charge in [0.25, 0.3) is 11.8 Å². The summed E-state index contributed by atoms with van der Waals surface area (Å²) in [7, 11) is 0. The summed E-state index contributed by atoms with van der Waals surface area (Å²) >= 11 is 0. The minimum atomic E-state index is -0.100. The lowest BCUT2D eigenvalue weighted by Crippen LogP contribution is -2.41. The molecule has 4 aromatic rings. The van der Waals surface area contributed by atoms with Gasteiger partial charge in [-0.15, -0.1) is 0 Å². The van der Waals surface area contributed by atoms with E-state index < -0.39 is 0 Å². The number of para-hydroxylation sites is 2. The Morgan fingerprint density at radius 1 is 0.438 bits per heavy atom. The van der Waals surface area contributed by atoms with Crippen molar-refractivity contribution in [2.45, 2.75) is 0 Å². The van der Waals surface area contributed by atoms with Gasteiger partial charge in [-0.05, 0) is 48.5 Å². The third-order valence-electron chi connectivity index (χ3n) is 5.21. The second-order valence-corrected chi connectivity index (χ2v) is 7.32. The van der Waals surface area contributed by atoms with Crippen LogP contribution in [0.3, 0.4) is 0 Å². The Morgan fingerprint density at radius 2 is 0.719 bits per heavy atom. The van der Waals surface area contributed by atoms with Crippen LogP contribution in [0.25, 0.3) is 0 Å². The molecule has 0 radical (unpaired) electrons. The van der Waals surface area contributed by atoms with Gasteiger partial charge in [-0.25, -0.2) is 0 Å². The summed E-state index contributed by atoms with van der Waals surface area (Å²) in [4.78, 5) is 30.2. The molecule has 4 heteroatoms. The maximum atomic E-state index is 13.4. The maximum Gasteiger partial charge on any atom is 0.258 e. The molecule has 0 aliphatic heterocycles. The lowest BCUT2D eigenvalue weighted by atomic mass is 10.1. The zero-order valence-electron chi connectivity index (χ0n) is 17.7. The van der Waals surface area contributed by atoms with Crippen molar-refractivity contribution in [3.63, 3.8) is 0 Å². The first kappa shape index (κ1) is 21.1. The highest BCUT2D eigenvalue weighted by Crippen LogP contribution is 2.20. The predicted octanol–water partition coefficient (Wildman–Crippen LogP) is 5.68. The maximum absolute atomic E-state index is 13.4. The summed E-state index contributed by atoms with van der Waals surface area (Å²) in [5, 5.41) is 0. The monoisotopic (exact) mass is 420 g/mol. The van der Waals surface area contributed by atoms with Crippen molar-refractivity contribution in [3.05, 3.63) is 132 Å². The quantitative estimate of drug-likeness (QED) is 0.386. The number of amides is 2. The van der Waals surface area contributed by atoms with Gasteiger partial charge in [0.1, 0.15) is 0 Å². The van der Waals surface area contributed by atoms with Crippen LogP contribution in [0.5, 0.6) is 0 Å². The third-order valence-corrected chi connectivity index (χ3v) is 5.21. The SMILES string of the molecule is O=C(c1ccccc1)N(CCN(C(=O)c1ccccc1)c1ccccc1)c1ccccc1. The van der Waals surface area contributed by atoms with E-state index in [1.807, 2.05) is 121 Å². The molecular weight excluding hydrogens is 396 g/mol. The summed E-state index contributed by atoms with van der Waals surface area (Å²) in [6, 6.07) is 37.5. The van der Waals surface area contributed by atoms with Crippen LogP contribution in [0.2, 0.25) is 0 Å². The first-order valence-corrected chi connectivity index (χ1v) is 10.6. The molecule has 0 aliphatic rings. The zero-order valence-corrected chi connectivity index (χ0v) is 17.7. The van der Waals surface area contributed by atoms with Crippen LogP contribution >= 0.6 is 0 Å². The van der Waals surface area contributed by atoms with E-state index in [0.29, 0.717) is 24.2 Å². The van der Waals surface area contributed by atoms with Crippen LogP contribution in [0, 0.1) is 0 Å². The van der Waals surface area contributed by atoms with Crippen molar-refractivity contribution in [2.75, 3.05) is 22.9 Å². The van der Waals surface area contributed by atoms with Crippen LogP contribution in [-0.4, -0.2) is 24.9 Å². The molecule has 0 heterocycles. The molecule has 0 atom stereocenters. The van der Waals surface area contributed by atoms with E-state index in [1.165, 1.54) is 0 Å². The van der Waals surface area contributed by atoms with Crippen LogP contribution < -0.4 is 9.80 Å². The highest BCUT2D eigenvalue weighted by Gasteiger charge is 2.22. The second kappa shape index (κ2) is 10.2. The number of nitrogens with zero attached hydrogens (tertiary/aromatic N) is 2. The van der Waals surface area contributed by atoms with Crippen molar-refractivity contribution < 1.29 is 9.59 Å². The van der Waals surface area contributed by atoms with E-state index in [2.05, 4.69) is 0 Å². The van der Waals surface area contributed by atoms with Gasteiger partial charge in [-0.2, -0.15) is 0 Å². The number of hydrogen-bond acceptors (Lipinski definition) is 2. The molecule has 0 spiro atoms. The first-order valence-electron chi connectivity index (χ1n) is 10.6. The van der Waals surface area contributed by atoms with Crippen LogP contribution in [-0.2, 0) is 0 Å². The molecule has 0 bridgehead atoms. The Hall–Kier alpha value is -4.18. The molecule has 0 unspecified atom stereocenters. The lowest BCUT2D eigenvalue weighted by Gasteiger charge is -2.28. The molecule has 0 saturated carbocycles. The number of anilines is 2. The van der Waals surface area contributed by atoms with Gasteiger partial charge in [0.2, 0.25) is 0 Å². The van der Waals surface area contributed by atoms with Gasteiger partial charge in [0.05, 0.1) is 0 Å². The Kier molecular flexibility index (Phi) is 6.73. The van der Waals surface area contributed by atoms with E-state index >= 15 is 0 Å². The van der Waals surface area contributed by atoms with E-state index in [1.54, 1.807) is 9.80 Å². The summed E-state index contributed by atoms with van der Waals surface area (Å²) in [5.74, 6) is -0.200. The fourth-order valence-electron chi connectivity index (χ4n) is 3.58.